The van der Waals surface area contributed by atoms with Crippen LogP contribution in [0.2, 0.25) is 0 Å². The molecular weight excluding hydrogens is 371 g/mol. The molecule has 1 atom stereocenters. The van der Waals surface area contributed by atoms with E-state index in [4.69, 9.17) is 9.72 Å². The third-order valence-corrected chi connectivity index (χ3v) is 5.23. The van der Waals surface area contributed by atoms with Crippen molar-refractivity contribution in [3.05, 3.63) is 52.7 Å². The molecule has 158 valence electrons. The molecule has 0 spiro atoms. The number of ether oxygens (including phenoxy) is 1. The predicted molar refractivity (Wildman–Crippen MR) is 112 cm³/mol. The molecule has 1 N–H and O–H groups in total. The van der Waals surface area contributed by atoms with Crippen LogP contribution in [0.25, 0.3) is 0 Å². The number of hydrogen-bond acceptors (Lipinski definition) is 6. The van der Waals surface area contributed by atoms with E-state index in [2.05, 4.69) is 14.8 Å². The van der Waals surface area contributed by atoms with Gasteiger partial charge >= 0.3 is 0 Å². The van der Waals surface area contributed by atoms with Crippen LogP contribution in [0.15, 0.2) is 24.3 Å². The van der Waals surface area contributed by atoms with Crippen LogP contribution in [0.1, 0.15) is 29.6 Å². The number of anilines is 1. The molecule has 1 saturated heterocycles. The molecule has 0 radical (unpaired) electrons. The van der Waals surface area contributed by atoms with Crippen molar-refractivity contribution in [2.45, 2.75) is 33.3 Å². The van der Waals surface area contributed by atoms with Crippen molar-refractivity contribution in [3.63, 3.8) is 0 Å². The molecule has 3 rings (SSSR count). The Balaban J connectivity index is 1.70. The van der Waals surface area contributed by atoms with Gasteiger partial charge in [0.15, 0.2) is 0 Å². The quantitative estimate of drug-likeness (QED) is 0.731. The first-order valence-electron chi connectivity index (χ1n) is 10.3. The van der Waals surface area contributed by atoms with E-state index in [0.29, 0.717) is 26.2 Å². The Morgan fingerprint density at radius 2 is 1.93 bits per heavy atom. The van der Waals surface area contributed by atoms with Gasteiger partial charge in [0.2, 0.25) is 0 Å². The zero-order valence-corrected chi connectivity index (χ0v) is 17.6. The molecule has 0 aliphatic carbocycles. The molecule has 1 aliphatic rings. The van der Waals surface area contributed by atoms with E-state index in [1.165, 1.54) is 6.07 Å². The third kappa shape index (κ3) is 5.95. The second-order valence-corrected chi connectivity index (χ2v) is 7.57. The van der Waals surface area contributed by atoms with E-state index < -0.39 is 6.10 Å². The highest BCUT2D eigenvalue weighted by molar-refractivity contribution is 5.51. The summed E-state index contributed by atoms with van der Waals surface area (Å²) in [6, 6.07) is 6.70. The molecule has 6 nitrogen and oxygen atoms in total. The summed E-state index contributed by atoms with van der Waals surface area (Å²) < 4.78 is 18.9. The maximum absolute atomic E-state index is 13.6. The summed E-state index contributed by atoms with van der Waals surface area (Å²) >= 11 is 0. The van der Waals surface area contributed by atoms with Crippen LogP contribution in [-0.4, -0.2) is 72.0 Å². The van der Waals surface area contributed by atoms with Crippen molar-refractivity contribution in [1.29, 1.82) is 0 Å². The van der Waals surface area contributed by atoms with Crippen LogP contribution in [0.4, 0.5) is 10.2 Å². The lowest BCUT2D eigenvalue weighted by atomic mass is 10.0. The van der Waals surface area contributed by atoms with Crippen molar-refractivity contribution in [3.8, 4) is 0 Å². The van der Waals surface area contributed by atoms with E-state index in [0.717, 1.165) is 54.6 Å². The van der Waals surface area contributed by atoms with Crippen LogP contribution < -0.4 is 4.90 Å². The molecule has 2 heterocycles. The zero-order valence-electron chi connectivity index (χ0n) is 17.6. The Kier molecular flexibility index (Phi) is 7.52. The van der Waals surface area contributed by atoms with Crippen LogP contribution >= 0.6 is 0 Å². The number of hydrogen-bond donors (Lipinski definition) is 1. The fourth-order valence-corrected chi connectivity index (χ4v) is 3.78. The van der Waals surface area contributed by atoms with Gasteiger partial charge < -0.3 is 14.7 Å². The Morgan fingerprint density at radius 3 is 2.62 bits per heavy atom. The fraction of sp³-hybridized carbons (Fsp3) is 0.545. The summed E-state index contributed by atoms with van der Waals surface area (Å²) in [5.41, 5.74) is 2.90. The first kappa shape index (κ1) is 21.6. The molecule has 1 aromatic carbocycles. The van der Waals surface area contributed by atoms with E-state index in [1.807, 2.05) is 26.8 Å². The number of benzene rings is 1. The van der Waals surface area contributed by atoms with Gasteiger partial charge in [-0.3, -0.25) is 4.90 Å². The van der Waals surface area contributed by atoms with Gasteiger partial charge in [-0.1, -0.05) is 12.1 Å². The van der Waals surface area contributed by atoms with Gasteiger partial charge in [-0.25, -0.2) is 14.4 Å². The number of halogens is 1. The number of aromatic nitrogens is 2. The van der Waals surface area contributed by atoms with Gasteiger partial charge in [0.05, 0.1) is 12.7 Å². The molecule has 1 aliphatic heterocycles. The van der Waals surface area contributed by atoms with Gasteiger partial charge in [-0.2, -0.15) is 0 Å². The molecule has 0 unspecified atom stereocenters. The van der Waals surface area contributed by atoms with E-state index in [-0.39, 0.29) is 5.82 Å². The van der Waals surface area contributed by atoms with Gasteiger partial charge in [-0.15, -0.1) is 0 Å². The van der Waals surface area contributed by atoms with Crippen LogP contribution in [0.5, 0.6) is 0 Å². The summed E-state index contributed by atoms with van der Waals surface area (Å²) in [5.74, 6) is 1.46. The molecule has 7 heteroatoms. The molecule has 2 aromatic rings. The SMILES string of the molecule is CCOC[C@H](O)CN1CCN(c2nc(C)nc(C)c2Cc2cccc(F)c2)CC1. The van der Waals surface area contributed by atoms with Crippen molar-refractivity contribution in [1.82, 2.24) is 14.9 Å². The first-order chi connectivity index (χ1) is 14.0. The summed E-state index contributed by atoms with van der Waals surface area (Å²) in [6.45, 7) is 10.8. The van der Waals surface area contributed by atoms with Crippen molar-refractivity contribution < 1.29 is 14.2 Å². The Hall–Kier alpha value is -2.09. The zero-order chi connectivity index (χ0) is 20.8. The average Bonchev–Trinajstić information content (AvgIpc) is 2.69. The maximum Gasteiger partial charge on any atom is 0.136 e. The highest BCUT2D eigenvalue weighted by Crippen LogP contribution is 2.25. The van der Waals surface area contributed by atoms with Crippen LogP contribution in [-0.2, 0) is 11.2 Å². The average molecular weight is 403 g/mol. The van der Waals surface area contributed by atoms with Gasteiger partial charge in [0.25, 0.3) is 0 Å². The smallest absolute Gasteiger partial charge is 0.136 e. The van der Waals surface area contributed by atoms with Crippen LogP contribution in [0.3, 0.4) is 0 Å². The normalized spacial score (nSPS) is 16.2. The number of rotatable bonds is 8. The minimum absolute atomic E-state index is 0.228. The predicted octanol–water partition coefficient (Wildman–Crippen LogP) is 2.34. The second kappa shape index (κ2) is 10.1. The lowest BCUT2D eigenvalue weighted by molar-refractivity contribution is 0.0202. The molecule has 1 aromatic heterocycles. The lowest BCUT2D eigenvalue weighted by Crippen LogP contribution is -2.49. The number of aliphatic hydroxyl groups is 1. The number of piperazine rings is 1. The molecule has 0 amide bonds. The topological polar surface area (TPSA) is 61.7 Å². The minimum Gasteiger partial charge on any atom is -0.389 e. The van der Waals surface area contributed by atoms with Crippen molar-refractivity contribution in [2.75, 3.05) is 50.8 Å². The number of β-amino-alcohol motifs (C(OH)–C–C–N with tert-alkyl or cyclic N) is 1. The second-order valence-electron chi connectivity index (χ2n) is 7.57. The molecule has 29 heavy (non-hydrogen) atoms. The summed E-state index contributed by atoms with van der Waals surface area (Å²) in [7, 11) is 0. The van der Waals surface area contributed by atoms with Gasteiger partial charge in [0.1, 0.15) is 17.5 Å². The summed E-state index contributed by atoms with van der Waals surface area (Å²) in [4.78, 5) is 13.8. The van der Waals surface area contributed by atoms with E-state index in [9.17, 15) is 9.50 Å². The Morgan fingerprint density at radius 1 is 1.17 bits per heavy atom. The van der Waals surface area contributed by atoms with Crippen molar-refractivity contribution >= 4 is 5.82 Å². The Labute approximate surface area is 172 Å². The third-order valence-electron chi connectivity index (χ3n) is 5.23. The van der Waals surface area contributed by atoms with Gasteiger partial charge in [0, 0.05) is 57.0 Å². The lowest BCUT2D eigenvalue weighted by Gasteiger charge is -2.37. The van der Waals surface area contributed by atoms with Gasteiger partial charge in [-0.05, 0) is 38.5 Å². The van der Waals surface area contributed by atoms with Crippen molar-refractivity contribution in [2.24, 2.45) is 0 Å². The van der Waals surface area contributed by atoms with E-state index >= 15 is 0 Å². The molecular formula is C22H31FN4O2. The molecule has 0 saturated carbocycles. The fourth-order valence-electron chi connectivity index (χ4n) is 3.78. The summed E-state index contributed by atoms with van der Waals surface area (Å²) in [5, 5.41) is 10.1. The highest BCUT2D eigenvalue weighted by Gasteiger charge is 2.23. The molecule has 0 bridgehead atoms. The highest BCUT2D eigenvalue weighted by atomic mass is 19.1. The monoisotopic (exact) mass is 402 g/mol. The first-order valence-corrected chi connectivity index (χ1v) is 10.3. The Bertz CT molecular complexity index is 809. The maximum atomic E-state index is 13.6. The number of aliphatic hydroxyl groups excluding tert-OH is 1. The summed E-state index contributed by atoms with van der Waals surface area (Å²) in [6.07, 6.45) is 0.139. The largest absolute Gasteiger partial charge is 0.389 e. The minimum atomic E-state index is -0.464. The standard InChI is InChI=1S/C22H31FN4O2/c1-4-29-15-20(28)14-26-8-10-27(11-9-26)22-21(16(2)24-17(3)25-22)13-18-6-5-7-19(23)12-18/h5-7,12,20,28H,4,8-11,13-15H2,1-3H3/t20-/m1/s1. The van der Waals surface area contributed by atoms with Crippen LogP contribution in [0, 0.1) is 19.7 Å². The van der Waals surface area contributed by atoms with E-state index in [1.54, 1.807) is 12.1 Å². The number of aryl methyl sites for hydroxylation is 2. The molecule has 1 fully saturated rings. The number of nitrogens with zero attached hydrogens (tertiary/aromatic N) is 4.